The summed E-state index contributed by atoms with van der Waals surface area (Å²) in [4.78, 5) is 29.0. The number of carbonyl (C=O) groups excluding carboxylic acids is 2. The molecule has 3 rings (SSSR count). The van der Waals surface area contributed by atoms with E-state index in [9.17, 15) is 18.0 Å². The molecule has 0 aliphatic heterocycles. The van der Waals surface area contributed by atoms with Crippen LogP contribution in [-0.2, 0) is 26.2 Å². The lowest BCUT2D eigenvalue weighted by Gasteiger charge is -2.33. The zero-order valence-corrected chi connectivity index (χ0v) is 24.6. The Hall–Kier alpha value is -3.85. The topological polar surface area (TPSA) is 96.0 Å². The molecule has 0 heterocycles. The van der Waals surface area contributed by atoms with E-state index < -0.39 is 28.5 Å². The van der Waals surface area contributed by atoms with Gasteiger partial charge < -0.3 is 15.0 Å². The van der Waals surface area contributed by atoms with Crippen LogP contribution in [0.1, 0.15) is 44.7 Å². The molecular formula is C31H39N3O5S. The van der Waals surface area contributed by atoms with Crippen LogP contribution in [-0.4, -0.2) is 50.9 Å². The summed E-state index contributed by atoms with van der Waals surface area (Å²) in [5.74, 6) is -0.0857. The molecule has 1 N–H and O–H groups in total. The number of ether oxygens (including phenoxy) is 1. The lowest BCUT2D eigenvalue weighted by atomic mass is 10.1. The Bertz CT molecular complexity index is 1380. The SMILES string of the molecule is CC[C@H](C)NC(=O)[C@H](CC)N(Cc1ccc(OC)cc1)C(=O)CN(c1cccc(C)c1)S(=O)(=O)c1ccccc1. The number of sulfonamides is 1. The van der Waals surface area contributed by atoms with Crippen LogP contribution in [0.25, 0.3) is 0 Å². The third kappa shape index (κ3) is 7.63. The van der Waals surface area contributed by atoms with E-state index in [1.165, 1.54) is 17.0 Å². The van der Waals surface area contributed by atoms with Crippen LogP contribution in [0.2, 0.25) is 0 Å². The van der Waals surface area contributed by atoms with Gasteiger partial charge in [-0.2, -0.15) is 0 Å². The van der Waals surface area contributed by atoms with Gasteiger partial charge >= 0.3 is 0 Å². The van der Waals surface area contributed by atoms with Crippen LogP contribution in [0.4, 0.5) is 5.69 Å². The van der Waals surface area contributed by atoms with Crippen molar-refractivity contribution in [3.8, 4) is 5.75 Å². The van der Waals surface area contributed by atoms with Crippen LogP contribution >= 0.6 is 0 Å². The molecule has 3 aromatic carbocycles. The van der Waals surface area contributed by atoms with E-state index in [0.717, 1.165) is 21.9 Å². The first-order valence-corrected chi connectivity index (χ1v) is 14.9. The second kappa shape index (κ2) is 14.0. The number of hydrogen-bond acceptors (Lipinski definition) is 5. The van der Waals surface area contributed by atoms with Gasteiger partial charge in [-0.05, 0) is 74.2 Å². The number of nitrogens with zero attached hydrogens (tertiary/aromatic N) is 2. The number of amides is 2. The highest BCUT2D eigenvalue weighted by Gasteiger charge is 2.34. The summed E-state index contributed by atoms with van der Waals surface area (Å²) >= 11 is 0. The Morgan fingerprint density at radius 1 is 0.925 bits per heavy atom. The molecule has 2 amide bonds. The Kier molecular flexibility index (Phi) is 10.7. The number of nitrogens with one attached hydrogen (secondary N) is 1. The predicted molar refractivity (Wildman–Crippen MR) is 158 cm³/mol. The molecule has 40 heavy (non-hydrogen) atoms. The van der Waals surface area contributed by atoms with Crippen molar-refractivity contribution in [2.75, 3.05) is 18.0 Å². The average molecular weight is 566 g/mol. The van der Waals surface area contributed by atoms with Crippen molar-refractivity contribution >= 4 is 27.5 Å². The average Bonchev–Trinajstić information content (AvgIpc) is 2.96. The minimum atomic E-state index is -4.09. The summed E-state index contributed by atoms with van der Waals surface area (Å²) in [7, 11) is -2.51. The van der Waals surface area contributed by atoms with E-state index in [4.69, 9.17) is 4.74 Å². The maximum absolute atomic E-state index is 14.1. The van der Waals surface area contributed by atoms with Gasteiger partial charge in [0, 0.05) is 12.6 Å². The Morgan fingerprint density at radius 2 is 1.60 bits per heavy atom. The Morgan fingerprint density at radius 3 is 2.17 bits per heavy atom. The van der Waals surface area contributed by atoms with Crippen molar-refractivity contribution in [3.63, 3.8) is 0 Å². The van der Waals surface area contributed by atoms with Gasteiger partial charge in [0.05, 0.1) is 17.7 Å². The quantitative estimate of drug-likeness (QED) is 0.317. The molecule has 3 aromatic rings. The number of methoxy groups -OCH3 is 1. The zero-order valence-electron chi connectivity index (χ0n) is 23.8. The molecule has 2 atom stereocenters. The lowest BCUT2D eigenvalue weighted by Crippen LogP contribution is -2.53. The number of hydrogen-bond donors (Lipinski definition) is 1. The summed E-state index contributed by atoms with van der Waals surface area (Å²) in [5, 5.41) is 2.98. The minimum Gasteiger partial charge on any atom is -0.497 e. The molecule has 0 bridgehead atoms. The van der Waals surface area contributed by atoms with Crippen molar-refractivity contribution in [1.29, 1.82) is 0 Å². The molecule has 214 valence electrons. The highest BCUT2D eigenvalue weighted by molar-refractivity contribution is 7.92. The lowest BCUT2D eigenvalue weighted by molar-refractivity contribution is -0.140. The molecule has 0 aliphatic rings. The minimum absolute atomic E-state index is 0.0678. The number of aryl methyl sites for hydroxylation is 1. The van der Waals surface area contributed by atoms with Crippen molar-refractivity contribution in [2.45, 2.75) is 64.1 Å². The molecule has 0 radical (unpaired) electrons. The second-order valence-corrected chi connectivity index (χ2v) is 11.6. The smallest absolute Gasteiger partial charge is 0.264 e. The fourth-order valence-corrected chi connectivity index (χ4v) is 5.75. The summed E-state index contributed by atoms with van der Waals surface area (Å²) in [5.41, 5.74) is 2.02. The highest BCUT2D eigenvalue weighted by atomic mass is 32.2. The first-order chi connectivity index (χ1) is 19.1. The van der Waals surface area contributed by atoms with Gasteiger partial charge in [0.1, 0.15) is 18.3 Å². The van der Waals surface area contributed by atoms with Crippen molar-refractivity contribution in [3.05, 3.63) is 90.0 Å². The normalized spacial score (nSPS) is 12.7. The number of carbonyl (C=O) groups is 2. The molecule has 0 saturated carbocycles. The summed E-state index contributed by atoms with van der Waals surface area (Å²) in [6.07, 6.45) is 1.10. The van der Waals surface area contributed by atoms with Crippen molar-refractivity contribution in [1.82, 2.24) is 10.2 Å². The third-order valence-electron chi connectivity index (χ3n) is 6.80. The summed E-state index contributed by atoms with van der Waals surface area (Å²) < 4.78 is 34.1. The molecule has 0 unspecified atom stereocenters. The molecular weight excluding hydrogens is 526 g/mol. The van der Waals surface area contributed by atoms with Crippen LogP contribution < -0.4 is 14.4 Å². The molecule has 0 saturated heterocycles. The summed E-state index contributed by atoms with van der Waals surface area (Å²) in [6, 6.07) is 21.4. The van der Waals surface area contributed by atoms with E-state index in [-0.39, 0.29) is 23.4 Å². The van der Waals surface area contributed by atoms with E-state index in [2.05, 4.69) is 5.32 Å². The van der Waals surface area contributed by atoms with E-state index in [0.29, 0.717) is 17.9 Å². The molecule has 0 fully saturated rings. The third-order valence-corrected chi connectivity index (χ3v) is 8.59. The molecule has 0 aliphatic carbocycles. The number of anilines is 1. The Labute approximate surface area is 238 Å². The van der Waals surface area contributed by atoms with Gasteiger partial charge in [-0.1, -0.05) is 56.3 Å². The second-order valence-electron chi connectivity index (χ2n) is 9.78. The van der Waals surface area contributed by atoms with Crippen LogP contribution in [0.15, 0.2) is 83.8 Å². The first-order valence-electron chi connectivity index (χ1n) is 13.5. The molecule has 0 spiro atoms. The maximum atomic E-state index is 14.1. The van der Waals surface area contributed by atoms with E-state index >= 15 is 0 Å². The van der Waals surface area contributed by atoms with Crippen LogP contribution in [0.5, 0.6) is 5.75 Å². The Balaban J connectivity index is 2.04. The molecule has 8 nitrogen and oxygen atoms in total. The largest absolute Gasteiger partial charge is 0.497 e. The van der Waals surface area contributed by atoms with E-state index in [1.54, 1.807) is 55.6 Å². The van der Waals surface area contributed by atoms with Gasteiger partial charge in [0.25, 0.3) is 10.0 Å². The summed E-state index contributed by atoms with van der Waals surface area (Å²) in [6.45, 7) is 7.24. The number of rotatable bonds is 13. The fourth-order valence-electron chi connectivity index (χ4n) is 4.32. The van der Waals surface area contributed by atoms with Crippen LogP contribution in [0.3, 0.4) is 0 Å². The maximum Gasteiger partial charge on any atom is 0.264 e. The van der Waals surface area contributed by atoms with Gasteiger partial charge in [-0.15, -0.1) is 0 Å². The number of benzene rings is 3. The highest BCUT2D eigenvalue weighted by Crippen LogP contribution is 2.26. The van der Waals surface area contributed by atoms with Crippen LogP contribution in [0, 0.1) is 6.92 Å². The van der Waals surface area contributed by atoms with Crippen molar-refractivity contribution in [2.24, 2.45) is 0 Å². The van der Waals surface area contributed by atoms with Gasteiger partial charge in [0.2, 0.25) is 11.8 Å². The van der Waals surface area contributed by atoms with Crippen molar-refractivity contribution < 1.29 is 22.7 Å². The first kappa shape index (κ1) is 30.7. The van der Waals surface area contributed by atoms with Gasteiger partial charge in [0.15, 0.2) is 0 Å². The molecule has 0 aromatic heterocycles. The monoisotopic (exact) mass is 565 g/mol. The standard InChI is InChI=1S/C31H39N3O5S/c1-6-24(4)32-31(36)29(7-2)33(21-25-16-18-27(39-5)19-17-25)30(35)22-34(26-13-11-12-23(3)20-26)40(37,38)28-14-9-8-10-15-28/h8-20,24,29H,6-7,21-22H2,1-5H3,(H,32,36)/t24-,29-/m0/s1. The predicted octanol–water partition coefficient (Wildman–Crippen LogP) is 4.92. The van der Waals surface area contributed by atoms with Gasteiger partial charge in [-0.25, -0.2) is 8.42 Å². The van der Waals surface area contributed by atoms with Gasteiger partial charge in [-0.3, -0.25) is 13.9 Å². The zero-order chi connectivity index (χ0) is 29.3. The molecule has 9 heteroatoms. The van der Waals surface area contributed by atoms with E-state index in [1.807, 2.05) is 45.9 Å². The fraction of sp³-hybridized carbons (Fsp3) is 0.355.